The molecule has 1 saturated heterocycles. The Bertz CT molecular complexity index is 221. The Labute approximate surface area is 98.2 Å². The minimum absolute atomic E-state index is 0.122. The lowest BCUT2D eigenvalue weighted by Gasteiger charge is -2.35. The van der Waals surface area contributed by atoms with E-state index < -0.39 is 0 Å². The molecule has 0 aliphatic carbocycles. The first-order chi connectivity index (χ1) is 7.69. The van der Waals surface area contributed by atoms with Crippen molar-refractivity contribution in [3.63, 3.8) is 0 Å². The number of nitrogens with zero attached hydrogens (tertiary/aromatic N) is 2. The molecule has 1 N–H and O–H groups in total. The van der Waals surface area contributed by atoms with Gasteiger partial charge in [0.25, 0.3) is 0 Å². The van der Waals surface area contributed by atoms with Crippen LogP contribution in [0.25, 0.3) is 0 Å². The summed E-state index contributed by atoms with van der Waals surface area (Å²) in [4.78, 5) is 16.0. The fourth-order valence-corrected chi connectivity index (χ4v) is 2.24. The van der Waals surface area contributed by atoms with E-state index in [2.05, 4.69) is 6.92 Å². The lowest BCUT2D eigenvalue weighted by Crippen LogP contribution is -2.47. The monoisotopic (exact) mass is 228 g/mol. The van der Waals surface area contributed by atoms with Crippen LogP contribution in [0.3, 0.4) is 0 Å². The van der Waals surface area contributed by atoms with Gasteiger partial charge >= 0.3 is 0 Å². The van der Waals surface area contributed by atoms with Gasteiger partial charge in [0.15, 0.2) is 0 Å². The number of likely N-dealkylation sites (N-methyl/N-ethyl adjacent to an activating group) is 1. The Morgan fingerprint density at radius 3 is 2.81 bits per heavy atom. The Balaban J connectivity index is 2.42. The maximum atomic E-state index is 12.1. The lowest BCUT2D eigenvalue weighted by atomic mass is 10.0. The minimum atomic E-state index is 0.122. The highest BCUT2D eigenvalue weighted by molar-refractivity contribution is 5.78. The molecule has 1 amide bonds. The zero-order valence-electron chi connectivity index (χ0n) is 10.5. The van der Waals surface area contributed by atoms with Gasteiger partial charge in [0.2, 0.25) is 5.91 Å². The molecule has 0 bridgehead atoms. The summed E-state index contributed by atoms with van der Waals surface area (Å²) in [6, 6.07) is 0.383. The third-order valence-corrected chi connectivity index (χ3v) is 3.35. The second kappa shape index (κ2) is 6.86. The molecule has 0 aromatic carbocycles. The summed E-state index contributed by atoms with van der Waals surface area (Å²) in [5.74, 6) is 0.211. The van der Waals surface area contributed by atoms with E-state index in [-0.39, 0.29) is 12.5 Å². The smallest absolute Gasteiger partial charge is 0.236 e. The van der Waals surface area contributed by atoms with Crippen molar-refractivity contribution < 1.29 is 9.90 Å². The van der Waals surface area contributed by atoms with Gasteiger partial charge in [0, 0.05) is 19.1 Å². The number of hydrogen-bond acceptors (Lipinski definition) is 3. The van der Waals surface area contributed by atoms with Crippen molar-refractivity contribution in [3.8, 4) is 0 Å². The van der Waals surface area contributed by atoms with Crippen molar-refractivity contribution in [3.05, 3.63) is 0 Å². The van der Waals surface area contributed by atoms with Crippen LogP contribution in [-0.2, 0) is 4.79 Å². The normalized spacial score (nSPS) is 21.5. The van der Waals surface area contributed by atoms with Crippen LogP contribution in [0, 0.1) is 0 Å². The molecule has 0 aromatic rings. The van der Waals surface area contributed by atoms with E-state index in [0.29, 0.717) is 19.1 Å². The van der Waals surface area contributed by atoms with E-state index >= 15 is 0 Å². The van der Waals surface area contributed by atoms with Crippen LogP contribution in [-0.4, -0.2) is 59.6 Å². The lowest BCUT2D eigenvalue weighted by molar-refractivity contribution is -0.135. The quantitative estimate of drug-likeness (QED) is 0.753. The van der Waals surface area contributed by atoms with Crippen LogP contribution in [0.15, 0.2) is 0 Å². The maximum Gasteiger partial charge on any atom is 0.236 e. The average Bonchev–Trinajstić information content (AvgIpc) is 2.28. The number of amides is 1. The van der Waals surface area contributed by atoms with Gasteiger partial charge in [0.05, 0.1) is 13.2 Å². The van der Waals surface area contributed by atoms with Crippen LogP contribution in [0.1, 0.15) is 33.1 Å². The van der Waals surface area contributed by atoms with E-state index in [9.17, 15) is 4.79 Å². The molecule has 1 fully saturated rings. The van der Waals surface area contributed by atoms with Gasteiger partial charge in [0.1, 0.15) is 0 Å². The molecule has 0 spiro atoms. The molecule has 1 aliphatic rings. The number of carbonyl (C=O) groups is 1. The molecular formula is C12H24N2O2. The molecule has 16 heavy (non-hydrogen) atoms. The van der Waals surface area contributed by atoms with E-state index in [1.54, 1.807) is 0 Å². The molecule has 94 valence electrons. The molecule has 4 nitrogen and oxygen atoms in total. The summed E-state index contributed by atoms with van der Waals surface area (Å²) < 4.78 is 0. The van der Waals surface area contributed by atoms with Gasteiger partial charge in [-0.1, -0.05) is 6.92 Å². The topological polar surface area (TPSA) is 43.8 Å². The van der Waals surface area contributed by atoms with Crippen LogP contribution < -0.4 is 0 Å². The number of rotatable bonds is 5. The van der Waals surface area contributed by atoms with Gasteiger partial charge in [-0.3, -0.25) is 9.69 Å². The zero-order chi connectivity index (χ0) is 12.0. The Kier molecular flexibility index (Phi) is 5.77. The highest BCUT2D eigenvalue weighted by atomic mass is 16.3. The number of aliphatic hydroxyl groups is 1. The van der Waals surface area contributed by atoms with Crippen molar-refractivity contribution in [1.82, 2.24) is 9.80 Å². The average molecular weight is 228 g/mol. The third kappa shape index (κ3) is 3.76. The molecule has 4 heteroatoms. The summed E-state index contributed by atoms with van der Waals surface area (Å²) in [7, 11) is 0. The predicted octanol–water partition coefficient (Wildman–Crippen LogP) is 0.702. The van der Waals surface area contributed by atoms with Gasteiger partial charge < -0.3 is 10.0 Å². The molecule has 0 radical (unpaired) electrons. The maximum absolute atomic E-state index is 12.1. The van der Waals surface area contributed by atoms with Crippen molar-refractivity contribution in [1.29, 1.82) is 0 Å². The van der Waals surface area contributed by atoms with E-state index in [1.165, 1.54) is 6.42 Å². The van der Waals surface area contributed by atoms with Crippen molar-refractivity contribution in [2.24, 2.45) is 0 Å². The highest BCUT2D eigenvalue weighted by Crippen LogP contribution is 2.16. The number of aliphatic hydroxyl groups excluding tert-OH is 1. The Hall–Kier alpha value is -0.610. The van der Waals surface area contributed by atoms with Crippen molar-refractivity contribution in [2.45, 2.75) is 39.2 Å². The fourth-order valence-electron chi connectivity index (χ4n) is 2.24. The summed E-state index contributed by atoms with van der Waals surface area (Å²) in [5, 5.41) is 8.88. The summed E-state index contributed by atoms with van der Waals surface area (Å²) in [6.07, 6.45) is 3.49. The first-order valence-corrected chi connectivity index (χ1v) is 6.31. The first-order valence-electron chi connectivity index (χ1n) is 6.31. The summed E-state index contributed by atoms with van der Waals surface area (Å²) >= 11 is 0. The summed E-state index contributed by atoms with van der Waals surface area (Å²) in [5.41, 5.74) is 0. The molecule has 0 saturated carbocycles. The molecular weight excluding hydrogens is 204 g/mol. The molecule has 1 rings (SSSR count). The summed E-state index contributed by atoms with van der Waals surface area (Å²) in [6.45, 7) is 7.01. The zero-order valence-corrected chi connectivity index (χ0v) is 10.5. The van der Waals surface area contributed by atoms with E-state index in [0.717, 1.165) is 25.9 Å². The Morgan fingerprint density at radius 2 is 2.25 bits per heavy atom. The number of piperidine rings is 1. The largest absolute Gasteiger partial charge is 0.395 e. The van der Waals surface area contributed by atoms with E-state index in [4.69, 9.17) is 5.11 Å². The standard InChI is InChI=1S/C12H24N2O2/c1-3-13(8-9-15)10-12(16)14-7-5-4-6-11(14)2/h11,15H,3-10H2,1-2H3. The molecule has 1 atom stereocenters. The van der Waals surface area contributed by atoms with Crippen molar-refractivity contribution in [2.75, 3.05) is 32.8 Å². The predicted molar refractivity (Wildman–Crippen MR) is 64.2 cm³/mol. The molecule has 0 aromatic heterocycles. The van der Waals surface area contributed by atoms with Gasteiger partial charge in [-0.25, -0.2) is 0 Å². The van der Waals surface area contributed by atoms with Crippen LogP contribution in [0.2, 0.25) is 0 Å². The van der Waals surface area contributed by atoms with Gasteiger partial charge in [-0.15, -0.1) is 0 Å². The Morgan fingerprint density at radius 1 is 1.50 bits per heavy atom. The highest BCUT2D eigenvalue weighted by Gasteiger charge is 2.23. The second-order valence-electron chi connectivity index (χ2n) is 4.52. The fraction of sp³-hybridized carbons (Fsp3) is 0.917. The molecule has 1 heterocycles. The van der Waals surface area contributed by atoms with Crippen molar-refractivity contribution >= 4 is 5.91 Å². The van der Waals surface area contributed by atoms with Crippen LogP contribution >= 0.6 is 0 Å². The van der Waals surface area contributed by atoms with Gasteiger partial charge in [-0.2, -0.15) is 0 Å². The second-order valence-corrected chi connectivity index (χ2v) is 4.52. The van der Waals surface area contributed by atoms with Crippen LogP contribution in [0.5, 0.6) is 0 Å². The molecule has 1 unspecified atom stereocenters. The SMILES string of the molecule is CCN(CCO)CC(=O)N1CCCCC1C. The first kappa shape index (κ1) is 13.5. The number of hydrogen-bond donors (Lipinski definition) is 1. The van der Waals surface area contributed by atoms with Gasteiger partial charge in [-0.05, 0) is 32.7 Å². The molecule has 1 aliphatic heterocycles. The van der Waals surface area contributed by atoms with Crippen LogP contribution in [0.4, 0.5) is 0 Å². The van der Waals surface area contributed by atoms with E-state index in [1.807, 2.05) is 16.7 Å². The number of carbonyl (C=O) groups excluding carboxylic acids is 1. The minimum Gasteiger partial charge on any atom is -0.395 e. The number of likely N-dealkylation sites (tertiary alicyclic amines) is 1. The third-order valence-electron chi connectivity index (χ3n) is 3.35.